The first-order valence-corrected chi connectivity index (χ1v) is 9.78. The first-order chi connectivity index (χ1) is 13.6. The monoisotopic (exact) mass is 383 g/mol. The van der Waals surface area contributed by atoms with E-state index in [1.165, 1.54) is 23.2 Å². The van der Waals surface area contributed by atoms with Gasteiger partial charge in [0.1, 0.15) is 0 Å². The number of aryl methyl sites for hydroxylation is 1. The van der Waals surface area contributed by atoms with Crippen molar-refractivity contribution in [3.05, 3.63) is 47.5 Å². The van der Waals surface area contributed by atoms with E-state index in [2.05, 4.69) is 40.7 Å². The van der Waals surface area contributed by atoms with Gasteiger partial charge in [-0.3, -0.25) is 0 Å². The quantitative estimate of drug-likeness (QED) is 0.763. The molecule has 1 heterocycles. The summed E-state index contributed by atoms with van der Waals surface area (Å²) in [5.41, 5.74) is 4.68. The molecule has 28 heavy (non-hydrogen) atoms. The Morgan fingerprint density at radius 2 is 1.93 bits per heavy atom. The van der Waals surface area contributed by atoms with E-state index in [0.717, 1.165) is 25.9 Å². The van der Waals surface area contributed by atoms with Crippen LogP contribution in [0.1, 0.15) is 24.5 Å². The van der Waals surface area contributed by atoms with E-state index in [1.807, 2.05) is 0 Å². The van der Waals surface area contributed by atoms with Crippen molar-refractivity contribution in [3.63, 3.8) is 0 Å². The highest BCUT2D eigenvalue weighted by Crippen LogP contribution is 2.30. The standard InChI is InChI=1S/C22H29N3O3/c1-4-25-13-5-6-17-14-16(7-9-19(17)25)11-12-23-22(26)24-18-8-10-20(27-2)21(15-18)28-3/h7-10,14-15H,4-6,11-13H2,1-3H3,(H2,23,24,26). The van der Waals surface area contributed by atoms with E-state index >= 15 is 0 Å². The second-order valence-corrected chi connectivity index (χ2v) is 6.85. The number of anilines is 2. The van der Waals surface area contributed by atoms with Crippen LogP contribution in [-0.2, 0) is 12.8 Å². The summed E-state index contributed by atoms with van der Waals surface area (Å²) in [6.45, 7) is 4.96. The number of nitrogens with zero attached hydrogens (tertiary/aromatic N) is 1. The van der Waals surface area contributed by atoms with Crippen molar-refractivity contribution in [3.8, 4) is 11.5 Å². The molecule has 3 rings (SSSR count). The maximum absolute atomic E-state index is 12.2. The van der Waals surface area contributed by atoms with Gasteiger partial charge >= 0.3 is 6.03 Å². The smallest absolute Gasteiger partial charge is 0.319 e. The fourth-order valence-electron chi connectivity index (χ4n) is 3.62. The molecule has 1 aliphatic rings. The third-order valence-electron chi connectivity index (χ3n) is 5.08. The van der Waals surface area contributed by atoms with Gasteiger partial charge < -0.3 is 25.0 Å². The lowest BCUT2D eigenvalue weighted by Gasteiger charge is -2.30. The molecule has 0 unspecified atom stereocenters. The predicted octanol–water partition coefficient (Wildman–Crippen LogP) is 3.84. The zero-order valence-corrected chi connectivity index (χ0v) is 16.9. The van der Waals surface area contributed by atoms with E-state index in [1.54, 1.807) is 32.4 Å². The van der Waals surface area contributed by atoms with Crippen molar-refractivity contribution < 1.29 is 14.3 Å². The summed E-state index contributed by atoms with van der Waals surface area (Å²) in [4.78, 5) is 14.6. The molecule has 0 spiro atoms. The van der Waals surface area contributed by atoms with Gasteiger partial charge in [-0.1, -0.05) is 12.1 Å². The number of fused-ring (bicyclic) bond motifs is 1. The number of amides is 2. The number of ether oxygens (including phenoxy) is 2. The van der Waals surface area contributed by atoms with Crippen LogP contribution in [0.4, 0.5) is 16.2 Å². The van der Waals surface area contributed by atoms with Crippen LogP contribution in [-0.4, -0.2) is 39.9 Å². The van der Waals surface area contributed by atoms with Gasteiger partial charge in [0.15, 0.2) is 11.5 Å². The molecule has 2 amide bonds. The first kappa shape index (κ1) is 19.9. The Morgan fingerprint density at radius 3 is 2.68 bits per heavy atom. The minimum absolute atomic E-state index is 0.234. The Kier molecular flexibility index (Phi) is 6.63. The van der Waals surface area contributed by atoms with E-state index in [0.29, 0.717) is 23.7 Å². The Balaban J connectivity index is 1.52. The molecule has 1 aliphatic heterocycles. The van der Waals surface area contributed by atoms with Gasteiger partial charge in [-0.15, -0.1) is 0 Å². The van der Waals surface area contributed by atoms with Crippen molar-refractivity contribution >= 4 is 17.4 Å². The molecule has 0 atom stereocenters. The average molecular weight is 383 g/mol. The summed E-state index contributed by atoms with van der Waals surface area (Å²) >= 11 is 0. The fourth-order valence-corrected chi connectivity index (χ4v) is 3.62. The fraction of sp³-hybridized carbons (Fsp3) is 0.409. The van der Waals surface area contributed by atoms with E-state index in [-0.39, 0.29) is 6.03 Å². The number of nitrogens with one attached hydrogen (secondary N) is 2. The number of hydrogen-bond acceptors (Lipinski definition) is 4. The maximum atomic E-state index is 12.2. The molecule has 2 N–H and O–H groups in total. The molecule has 0 fully saturated rings. The minimum Gasteiger partial charge on any atom is -0.493 e. The molecule has 0 saturated carbocycles. The van der Waals surface area contributed by atoms with Crippen molar-refractivity contribution in [2.45, 2.75) is 26.2 Å². The lowest BCUT2D eigenvalue weighted by atomic mass is 9.98. The van der Waals surface area contributed by atoms with Crippen LogP contribution in [0.2, 0.25) is 0 Å². The van der Waals surface area contributed by atoms with Crippen molar-refractivity contribution in [2.75, 3.05) is 44.1 Å². The SMILES string of the molecule is CCN1CCCc2cc(CCNC(=O)Nc3ccc(OC)c(OC)c3)ccc21. The van der Waals surface area contributed by atoms with Gasteiger partial charge in [0.05, 0.1) is 14.2 Å². The second kappa shape index (κ2) is 9.35. The highest BCUT2D eigenvalue weighted by molar-refractivity contribution is 5.89. The molecular formula is C22H29N3O3. The first-order valence-electron chi connectivity index (χ1n) is 9.78. The number of rotatable bonds is 7. The number of methoxy groups -OCH3 is 2. The highest BCUT2D eigenvalue weighted by Gasteiger charge is 2.15. The number of carbonyl (C=O) groups excluding carboxylic acids is 1. The molecule has 0 saturated heterocycles. The van der Waals surface area contributed by atoms with Gasteiger partial charge in [0.2, 0.25) is 0 Å². The highest BCUT2D eigenvalue weighted by atomic mass is 16.5. The predicted molar refractivity (Wildman–Crippen MR) is 113 cm³/mol. The lowest BCUT2D eigenvalue weighted by molar-refractivity contribution is 0.252. The molecule has 6 nitrogen and oxygen atoms in total. The van der Waals surface area contributed by atoms with Crippen LogP contribution < -0.4 is 25.0 Å². The summed E-state index contributed by atoms with van der Waals surface area (Å²) in [7, 11) is 3.15. The number of hydrogen-bond donors (Lipinski definition) is 2. The molecule has 0 bridgehead atoms. The topological polar surface area (TPSA) is 62.8 Å². The third-order valence-corrected chi connectivity index (χ3v) is 5.08. The van der Waals surface area contributed by atoms with Crippen LogP contribution in [0.25, 0.3) is 0 Å². The summed E-state index contributed by atoms with van der Waals surface area (Å²) in [5, 5.41) is 5.74. The van der Waals surface area contributed by atoms with Crippen LogP contribution in [0.3, 0.4) is 0 Å². The van der Waals surface area contributed by atoms with E-state index < -0.39 is 0 Å². The molecule has 0 radical (unpaired) electrons. The summed E-state index contributed by atoms with van der Waals surface area (Å²) < 4.78 is 10.5. The summed E-state index contributed by atoms with van der Waals surface area (Å²) in [5.74, 6) is 1.21. The van der Waals surface area contributed by atoms with Crippen LogP contribution in [0, 0.1) is 0 Å². The van der Waals surface area contributed by atoms with Gasteiger partial charge in [0, 0.05) is 37.1 Å². The third kappa shape index (κ3) is 4.68. The van der Waals surface area contributed by atoms with Crippen molar-refractivity contribution in [1.29, 1.82) is 0 Å². The second-order valence-electron chi connectivity index (χ2n) is 6.85. The van der Waals surface area contributed by atoms with Crippen LogP contribution >= 0.6 is 0 Å². The number of urea groups is 1. The molecule has 150 valence electrons. The molecule has 2 aromatic carbocycles. The Bertz CT molecular complexity index is 823. The van der Waals surface area contributed by atoms with Gasteiger partial charge in [0.25, 0.3) is 0 Å². The zero-order valence-electron chi connectivity index (χ0n) is 16.9. The van der Waals surface area contributed by atoms with Crippen molar-refractivity contribution in [2.24, 2.45) is 0 Å². The molecule has 6 heteroatoms. The number of benzene rings is 2. The van der Waals surface area contributed by atoms with E-state index in [9.17, 15) is 4.79 Å². The summed E-state index contributed by atoms with van der Waals surface area (Å²) in [6.07, 6.45) is 3.14. The molecule has 0 aromatic heterocycles. The molecule has 0 aliphatic carbocycles. The average Bonchev–Trinajstić information content (AvgIpc) is 2.72. The lowest BCUT2D eigenvalue weighted by Crippen LogP contribution is -2.31. The maximum Gasteiger partial charge on any atom is 0.319 e. The van der Waals surface area contributed by atoms with E-state index in [4.69, 9.17) is 9.47 Å². The molecule has 2 aromatic rings. The van der Waals surface area contributed by atoms with Crippen LogP contribution in [0.15, 0.2) is 36.4 Å². The zero-order chi connectivity index (χ0) is 19.9. The van der Waals surface area contributed by atoms with Gasteiger partial charge in [-0.25, -0.2) is 4.79 Å². The van der Waals surface area contributed by atoms with Gasteiger partial charge in [-0.05, 0) is 55.5 Å². The largest absolute Gasteiger partial charge is 0.493 e. The minimum atomic E-state index is -0.234. The Morgan fingerprint density at radius 1 is 1.11 bits per heavy atom. The Labute approximate surface area is 166 Å². The Hall–Kier alpha value is -2.89. The van der Waals surface area contributed by atoms with Gasteiger partial charge in [-0.2, -0.15) is 0 Å². The number of carbonyl (C=O) groups is 1. The summed E-state index contributed by atoms with van der Waals surface area (Å²) in [6, 6.07) is 11.7. The van der Waals surface area contributed by atoms with Crippen molar-refractivity contribution in [1.82, 2.24) is 5.32 Å². The molecular weight excluding hydrogens is 354 g/mol. The van der Waals surface area contributed by atoms with Crippen LogP contribution in [0.5, 0.6) is 11.5 Å². The normalized spacial score (nSPS) is 12.9.